The minimum Gasteiger partial charge on any atom is -0.507 e. The fourth-order valence-electron chi connectivity index (χ4n) is 1.60. The maximum Gasteiger partial charge on any atom is 0.265 e. The first-order valence-corrected chi connectivity index (χ1v) is 6.85. The minimum absolute atomic E-state index is 0.133. The highest BCUT2D eigenvalue weighted by molar-refractivity contribution is 7.92. The van der Waals surface area contributed by atoms with Gasteiger partial charge < -0.3 is 5.11 Å². The lowest BCUT2D eigenvalue weighted by atomic mass is 10.2. The number of aryl methyl sites for hydroxylation is 1. The van der Waals surface area contributed by atoms with Crippen LogP contribution in [0.5, 0.6) is 5.75 Å². The molecule has 0 spiro atoms. The minimum atomic E-state index is -3.76. The largest absolute Gasteiger partial charge is 0.507 e. The average Bonchev–Trinajstić information content (AvgIpc) is 2.28. The van der Waals surface area contributed by atoms with Crippen LogP contribution in [0.25, 0.3) is 0 Å². The Kier molecular flexibility index (Phi) is 3.25. The van der Waals surface area contributed by atoms with Gasteiger partial charge >= 0.3 is 0 Å². The van der Waals surface area contributed by atoms with Gasteiger partial charge in [-0.05, 0) is 36.8 Å². The van der Waals surface area contributed by atoms with Crippen LogP contribution in [-0.2, 0) is 10.0 Å². The van der Waals surface area contributed by atoms with E-state index in [2.05, 4.69) is 4.72 Å². The second-order valence-corrected chi connectivity index (χ2v) is 5.59. The first-order valence-electron chi connectivity index (χ1n) is 5.36. The molecule has 0 aliphatic carbocycles. The number of anilines is 1. The molecule has 18 heavy (non-hydrogen) atoms. The van der Waals surface area contributed by atoms with Crippen LogP contribution in [0.15, 0.2) is 53.4 Å². The molecule has 0 saturated heterocycles. The Morgan fingerprint density at radius 3 is 2.44 bits per heavy atom. The lowest BCUT2D eigenvalue weighted by Crippen LogP contribution is -2.13. The van der Waals surface area contributed by atoms with Crippen LogP contribution < -0.4 is 4.72 Å². The molecule has 2 aromatic carbocycles. The third-order valence-electron chi connectivity index (χ3n) is 2.43. The summed E-state index contributed by atoms with van der Waals surface area (Å²) in [5.41, 5.74) is 1.42. The molecule has 0 saturated carbocycles. The van der Waals surface area contributed by atoms with Gasteiger partial charge in [-0.25, -0.2) is 8.42 Å². The summed E-state index contributed by atoms with van der Waals surface area (Å²) in [7, 11) is -3.76. The Hall–Kier alpha value is -2.01. The van der Waals surface area contributed by atoms with Crippen molar-refractivity contribution in [2.45, 2.75) is 11.8 Å². The van der Waals surface area contributed by atoms with E-state index in [9.17, 15) is 13.5 Å². The summed E-state index contributed by atoms with van der Waals surface area (Å²) in [6, 6.07) is 12.8. The number of nitrogens with one attached hydrogen (secondary N) is 1. The number of hydrogen-bond acceptors (Lipinski definition) is 3. The third-order valence-corrected chi connectivity index (χ3v) is 3.85. The van der Waals surface area contributed by atoms with Crippen molar-refractivity contribution in [2.75, 3.05) is 4.72 Å². The Morgan fingerprint density at radius 1 is 1.06 bits per heavy atom. The first-order chi connectivity index (χ1) is 8.49. The molecular weight excluding hydrogens is 250 g/mol. The first kappa shape index (κ1) is 12.4. The third kappa shape index (κ3) is 2.62. The van der Waals surface area contributed by atoms with Crippen molar-refractivity contribution in [3.63, 3.8) is 0 Å². The van der Waals surface area contributed by atoms with Crippen LogP contribution in [0, 0.1) is 6.92 Å². The van der Waals surface area contributed by atoms with Crippen LogP contribution in [0.4, 0.5) is 5.69 Å². The molecule has 4 nitrogen and oxygen atoms in total. The predicted molar refractivity (Wildman–Crippen MR) is 70.1 cm³/mol. The molecule has 2 aromatic rings. The molecule has 2 N–H and O–H groups in total. The molecule has 0 aromatic heterocycles. The summed E-state index contributed by atoms with van der Waals surface area (Å²) in [6.45, 7) is 1.87. The van der Waals surface area contributed by atoms with Crippen molar-refractivity contribution in [2.24, 2.45) is 0 Å². The summed E-state index contributed by atoms with van der Waals surface area (Å²) < 4.78 is 26.6. The van der Waals surface area contributed by atoms with Gasteiger partial charge in [0.25, 0.3) is 10.0 Å². The van der Waals surface area contributed by atoms with E-state index in [0.29, 0.717) is 5.69 Å². The number of phenols is 1. The highest BCUT2D eigenvalue weighted by atomic mass is 32.2. The van der Waals surface area contributed by atoms with Crippen molar-refractivity contribution < 1.29 is 13.5 Å². The number of para-hydroxylation sites is 1. The van der Waals surface area contributed by atoms with Gasteiger partial charge in [-0.3, -0.25) is 4.72 Å². The van der Waals surface area contributed by atoms with Gasteiger partial charge in [-0.15, -0.1) is 0 Å². The van der Waals surface area contributed by atoms with Gasteiger partial charge in [0.05, 0.1) is 0 Å². The molecule has 94 valence electrons. The summed E-state index contributed by atoms with van der Waals surface area (Å²) in [5.74, 6) is -0.266. The number of rotatable bonds is 3. The second-order valence-electron chi connectivity index (χ2n) is 3.94. The van der Waals surface area contributed by atoms with Gasteiger partial charge in [0.15, 0.2) is 0 Å². The molecule has 0 aliphatic rings. The van der Waals surface area contributed by atoms with Crippen molar-refractivity contribution in [3.8, 4) is 5.75 Å². The van der Waals surface area contributed by atoms with E-state index in [1.807, 2.05) is 13.0 Å². The van der Waals surface area contributed by atoms with Crippen LogP contribution in [0.3, 0.4) is 0 Å². The van der Waals surface area contributed by atoms with E-state index < -0.39 is 10.0 Å². The second kappa shape index (κ2) is 4.70. The SMILES string of the molecule is Cc1cccc(NS(=O)(=O)c2ccccc2O)c1. The Morgan fingerprint density at radius 2 is 1.78 bits per heavy atom. The maximum atomic E-state index is 12.1. The maximum absolute atomic E-state index is 12.1. The molecule has 0 unspecified atom stereocenters. The Labute approximate surface area is 106 Å². The zero-order valence-electron chi connectivity index (χ0n) is 9.79. The van der Waals surface area contributed by atoms with E-state index in [4.69, 9.17) is 0 Å². The van der Waals surface area contributed by atoms with Crippen molar-refractivity contribution in [1.29, 1.82) is 0 Å². The molecular formula is C13H13NO3S. The molecule has 0 atom stereocenters. The van der Waals surface area contributed by atoms with Gasteiger partial charge in [-0.2, -0.15) is 0 Å². The highest BCUT2D eigenvalue weighted by Crippen LogP contribution is 2.24. The summed E-state index contributed by atoms with van der Waals surface area (Å²) in [6.07, 6.45) is 0. The quantitative estimate of drug-likeness (QED) is 0.894. The van der Waals surface area contributed by atoms with Crippen LogP contribution in [-0.4, -0.2) is 13.5 Å². The Balaban J connectivity index is 2.37. The van der Waals surface area contributed by atoms with Crippen LogP contribution in [0.2, 0.25) is 0 Å². The zero-order valence-corrected chi connectivity index (χ0v) is 10.6. The van der Waals surface area contributed by atoms with E-state index in [-0.39, 0.29) is 10.6 Å². The van der Waals surface area contributed by atoms with Gasteiger partial charge in [-0.1, -0.05) is 24.3 Å². The standard InChI is InChI=1S/C13H13NO3S/c1-10-5-4-6-11(9-10)14-18(16,17)13-8-3-2-7-12(13)15/h2-9,14-15H,1H3. The molecule has 0 aliphatic heterocycles. The van der Waals surface area contributed by atoms with E-state index >= 15 is 0 Å². The van der Waals surface area contributed by atoms with E-state index in [0.717, 1.165) is 5.56 Å². The number of hydrogen-bond donors (Lipinski definition) is 2. The number of benzene rings is 2. The normalized spacial score (nSPS) is 11.2. The summed E-state index contributed by atoms with van der Waals surface area (Å²) in [4.78, 5) is -0.133. The predicted octanol–water partition coefficient (Wildman–Crippen LogP) is 2.50. The highest BCUT2D eigenvalue weighted by Gasteiger charge is 2.17. The average molecular weight is 263 g/mol. The van der Waals surface area contributed by atoms with Crippen LogP contribution in [0.1, 0.15) is 5.56 Å². The van der Waals surface area contributed by atoms with E-state index in [1.54, 1.807) is 30.3 Å². The fourth-order valence-corrected chi connectivity index (χ4v) is 2.75. The van der Waals surface area contributed by atoms with Gasteiger partial charge in [0, 0.05) is 5.69 Å². The topological polar surface area (TPSA) is 66.4 Å². The lowest BCUT2D eigenvalue weighted by Gasteiger charge is -2.09. The molecule has 2 rings (SSSR count). The lowest BCUT2D eigenvalue weighted by molar-refractivity contribution is 0.459. The molecule has 0 fully saturated rings. The summed E-state index contributed by atoms with van der Waals surface area (Å²) in [5, 5.41) is 9.56. The van der Waals surface area contributed by atoms with Crippen molar-refractivity contribution in [1.82, 2.24) is 0 Å². The molecule has 0 heterocycles. The van der Waals surface area contributed by atoms with Gasteiger partial charge in [0.2, 0.25) is 0 Å². The van der Waals surface area contributed by atoms with Crippen LogP contribution >= 0.6 is 0 Å². The van der Waals surface area contributed by atoms with Crippen molar-refractivity contribution >= 4 is 15.7 Å². The molecule has 5 heteroatoms. The monoisotopic (exact) mass is 263 g/mol. The molecule has 0 amide bonds. The van der Waals surface area contributed by atoms with Crippen molar-refractivity contribution in [3.05, 3.63) is 54.1 Å². The molecule has 0 radical (unpaired) electrons. The zero-order chi connectivity index (χ0) is 13.2. The fraction of sp³-hybridized carbons (Fsp3) is 0.0769. The molecule has 0 bridgehead atoms. The van der Waals surface area contributed by atoms with Gasteiger partial charge in [0.1, 0.15) is 10.6 Å². The number of phenolic OH excluding ortho intramolecular Hbond substituents is 1. The Bertz CT molecular complexity index is 665. The van der Waals surface area contributed by atoms with E-state index in [1.165, 1.54) is 12.1 Å². The number of sulfonamides is 1. The smallest absolute Gasteiger partial charge is 0.265 e. The number of aromatic hydroxyl groups is 1. The summed E-state index contributed by atoms with van der Waals surface area (Å²) >= 11 is 0.